The number of aryl methyl sites for hydroxylation is 1. The lowest BCUT2D eigenvalue weighted by Crippen LogP contribution is -2.47. The third-order valence-corrected chi connectivity index (χ3v) is 4.83. The van der Waals surface area contributed by atoms with Gasteiger partial charge in [0.25, 0.3) is 0 Å². The summed E-state index contributed by atoms with van der Waals surface area (Å²) >= 11 is 1.95. The Kier molecular flexibility index (Phi) is 5.76. The van der Waals surface area contributed by atoms with Gasteiger partial charge >= 0.3 is 6.03 Å². The van der Waals surface area contributed by atoms with Crippen molar-refractivity contribution in [1.29, 1.82) is 0 Å². The van der Waals surface area contributed by atoms with Crippen molar-refractivity contribution in [2.45, 2.75) is 57.4 Å². The number of urea groups is 1. The number of aromatic nitrogens is 1. The summed E-state index contributed by atoms with van der Waals surface area (Å²) in [5.41, 5.74) is 0.751. The Morgan fingerprint density at radius 3 is 3.00 bits per heavy atom. The number of hydrogen-bond donors (Lipinski definition) is 2. The Morgan fingerprint density at radius 1 is 1.50 bits per heavy atom. The van der Waals surface area contributed by atoms with Crippen LogP contribution in [0.3, 0.4) is 0 Å². The maximum atomic E-state index is 12.0. The van der Waals surface area contributed by atoms with E-state index < -0.39 is 0 Å². The van der Waals surface area contributed by atoms with Gasteiger partial charge in [0.15, 0.2) is 0 Å². The summed E-state index contributed by atoms with van der Waals surface area (Å²) < 4.78 is 4.97. The first-order valence-corrected chi connectivity index (χ1v) is 8.32. The number of hydrogen-bond acceptors (Lipinski definition) is 4. The Labute approximate surface area is 124 Å². The van der Waals surface area contributed by atoms with E-state index in [2.05, 4.69) is 22.7 Å². The average molecular weight is 297 g/mol. The van der Waals surface area contributed by atoms with Gasteiger partial charge in [-0.05, 0) is 25.5 Å². The second-order valence-electron chi connectivity index (χ2n) is 5.14. The smallest absolute Gasteiger partial charge is 0.315 e. The highest BCUT2D eigenvalue weighted by Crippen LogP contribution is 2.28. The van der Waals surface area contributed by atoms with Crippen LogP contribution in [-0.4, -0.2) is 28.2 Å². The zero-order valence-electron chi connectivity index (χ0n) is 12.1. The van der Waals surface area contributed by atoms with E-state index in [0.717, 1.165) is 23.6 Å². The van der Waals surface area contributed by atoms with Gasteiger partial charge < -0.3 is 15.2 Å². The average Bonchev–Trinajstić information content (AvgIpc) is 2.85. The second-order valence-corrected chi connectivity index (χ2v) is 6.66. The number of nitrogens with one attached hydrogen (secondary N) is 2. The summed E-state index contributed by atoms with van der Waals surface area (Å²) in [6.45, 7) is 4.41. The van der Waals surface area contributed by atoms with Crippen LogP contribution in [0.5, 0.6) is 0 Å². The summed E-state index contributed by atoms with van der Waals surface area (Å²) in [6.07, 6.45) is 4.75. The molecule has 2 N–H and O–H groups in total. The summed E-state index contributed by atoms with van der Waals surface area (Å²) in [5, 5.41) is 10.3. The third-order valence-electron chi connectivity index (χ3n) is 3.51. The number of carbonyl (C=O) groups is 1. The molecule has 112 valence electrons. The Balaban J connectivity index is 1.77. The van der Waals surface area contributed by atoms with E-state index in [0.29, 0.717) is 11.8 Å². The minimum atomic E-state index is -0.112. The number of amides is 2. The molecule has 1 aromatic rings. The van der Waals surface area contributed by atoms with Gasteiger partial charge in [-0.1, -0.05) is 24.9 Å². The molecule has 2 amide bonds. The fraction of sp³-hybridized carbons (Fsp3) is 0.714. The van der Waals surface area contributed by atoms with Crippen LogP contribution in [0.1, 0.15) is 44.1 Å². The Bertz CT molecular complexity index is 434. The molecule has 1 aromatic heterocycles. The predicted molar refractivity (Wildman–Crippen MR) is 80.8 cm³/mol. The molecule has 2 atom stereocenters. The lowest BCUT2D eigenvalue weighted by Gasteiger charge is -2.31. The first kappa shape index (κ1) is 15.2. The van der Waals surface area contributed by atoms with E-state index in [1.165, 1.54) is 19.3 Å². The van der Waals surface area contributed by atoms with E-state index in [4.69, 9.17) is 4.52 Å². The van der Waals surface area contributed by atoms with Crippen molar-refractivity contribution in [1.82, 2.24) is 15.8 Å². The quantitative estimate of drug-likeness (QED) is 0.877. The molecular weight excluding hydrogens is 274 g/mol. The lowest BCUT2D eigenvalue weighted by atomic mass is 9.95. The largest absolute Gasteiger partial charge is 0.361 e. The molecule has 0 radical (unpaired) electrons. The van der Waals surface area contributed by atoms with Crippen molar-refractivity contribution in [3.8, 4) is 0 Å². The molecular formula is C14H23N3O2S. The SMILES string of the molecule is CCS[C@@H]1CCCC[C@H]1NC(=O)NCc1cc(C)on1. The standard InChI is InChI=1S/C14H23N3O2S/c1-3-20-13-7-5-4-6-12(13)16-14(18)15-9-11-8-10(2)19-17-11/h8,12-13H,3-7,9H2,1-2H3,(H2,15,16,18)/t12-,13-/m1/s1. The second kappa shape index (κ2) is 7.57. The number of rotatable bonds is 5. The molecule has 1 fully saturated rings. The van der Waals surface area contributed by atoms with Gasteiger partial charge in [0.1, 0.15) is 11.5 Å². The van der Waals surface area contributed by atoms with Crippen LogP contribution in [0, 0.1) is 6.92 Å². The van der Waals surface area contributed by atoms with Gasteiger partial charge in [-0.15, -0.1) is 0 Å². The molecule has 1 aliphatic rings. The molecule has 0 aromatic carbocycles. The zero-order valence-corrected chi connectivity index (χ0v) is 13.0. The molecule has 6 heteroatoms. The van der Waals surface area contributed by atoms with E-state index in [1.54, 1.807) is 0 Å². The molecule has 1 saturated carbocycles. The normalized spacial score (nSPS) is 22.5. The molecule has 1 aliphatic carbocycles. The van der Waals surface area contributed by atoms with Crippen LogP contribution >= 0.6 is 11.8 Å². The Hall–Kier alpha value is -1.17. The van der Waals surface area contributed by atoms with Gasteiger partial charge in [0.05, 0.1) is 6.54 Å². The topological polar surface area (TPSA) is 67.2 Å². The van der Waals surface area contributed by atoms with Crippen LogP contribution in [-0.2, 0) is 6.54 Å². The van der Waals surface area contributed by atoms with Crippen LogP contribution in [0.4, 0.5) is 4.79 Å². The van der Waals surface area contributed by atoms with Crippen molar-refractivity contribution in [2.75, 3.05) is 5.75 Å². The number of carbonyl (C=O) groups excluding carboxylic acids is 1. The van der Waals surface area contributed by atoms with E-state index in [-0.39, 0.29) is 12.1 Å². The maximum Gasteiger partial charge on any atom is 0.315 e. The van der Waals surface area contributed by atoms with Crippen molar-refractivity contribution < 1.29 is 9.32 Å². The Morgan fingerprint density at radius 2 is 2.30 bits per heavy atom. The molecule has 0 unspecified atom stereocenters. The minimum Gasteiger partial charge on any atom is -0.361 e. The highest BCUT2D eigenvalue weighted by atomic mass is 32.2. The molecule has 0 aliphatic heterocycles. The molecule has 0 saturated heterocycles. The molecule has 0 bridgehead atoms. The van der Waals surface area contributed by atoms with Crippen LogP contribution < -0.4 is 10.6 Å². The number of nitrogens with zero attached hydrogens (tertiary/aromatic N) is 1. The van der Waals surface area contributed by atoms with E-state index >= 15 is 0 Å². The number of thioether (sulfide) groups is 1. The summed E-state index contributed by atoms with van der Waals surface area (Å²) in [4.78, 5) is 12.0. The highest BCUT2D eigenvalue weighted by Gasteiger charge is 2.26. The molecule has 0 spiro atoms. The first-order chi connectivity index (χ1) is 9.69. The monoisotopic (exact) mass is 297 g/mol. The summed E-state index contributed by atoms with van der Waals surface area (Å²) in [7, 11) is 0. The zero-order chi connectivity index (χ0) is 14.4. The summed E-state index contributed by atoms with van der Waals surface area (Å²) in [5.74, 6) is 1.86. The van der Waals surface area contributed by atoms with Gasteiger partial charge in [-0.25, -0.2) is 4.79 Å². The maximum absolute atomic E-state index is 12.0. The predicted octanol–water partition coefficient (Wildman–Crippen LogP) is 2.85. The van der Waals surface area contributed by atoms with E-state index in [1.807, 2.05) is 24.8 Å². The minimum absolute atomic E-state index is 0.112. The molecule has 5 nitrogen and oxygen atoms in total. The van der Waals surface area contributed by atoms with Crippen molar-refractivity contribution in [3.05, 3.63) is 17.5 Å². The highest BCUT2D eigenvalue weighted by molar-refractivity contribution is 7.99. The molecule has 1 heterocycles. The van der Waals surface area contributed by atoms with Crippen molar-refractivity contribution in [3.63, 3.8) is 0 Å². The first-order valence-electron chi connectivity index (χ1n) is 7.27. The van der Waals surface area contributed by atoms with Crippen molar-refractivity contribution in [2.24, 2.45) is 0 Å². The molecule has 20 heavy (non-hydrogen) atoms. The summed E-state index contributed by atoms with van der Waals surface area (Å²) in [6, 6.07) is 2.00. The van der Waals surface area contributed by atoms with Crippen LogP contribution in [0.2, 0.25) is 0 Å². The van der Waals surface area contributed by atoms with Gasteiger partial charge in [0, 0.05) is 17.4 Å². The van der Waals surface area contributed by atoms with E-state index in [9.17, 15) is 4.79 Å². The fourth-order valence-corrected chi connectivity index (χ4v) is 3.76. The van der Waals surface area contributed by atoms with Crippen molar-refractivity contribution >= 4 is 17.8 Å². The van der Waals surface area contributed by atoms with Gasteiger partial charge in [-0.3, -0.25) is 0 Å². The molecule has 2 rings (SSSR count). The van der Waals surface area contributed by atoms with Gasteiger partial charge in [0.2, 0.25) is 0 Å². The third kappa shape index (κ3) is 4.44. The fourth-order valence-electron chi connectivity index (χ4n) is 2.57. The van der Waals surface area contributed by atoms with Gasteiger partial charge in [-0.2, -0.15) is 11.8 Å². The lowest BCUT2D eigenvalue weighted by molar-refractivity contribution is 0.232. The van der Waals surface area contributed by atoms with Crippen LogP contribution in [0.15, 0.2) is 10.6 Å². The van der Waals surface area contributed by atoms with Crippen LogP contribution in [0.25, 0.3) is 0 Å².